The van der Waals surface area contributed by atoms with Gasteiger partial charge in [0.05, 0.1) is 6.33 Å². The number of hydrogen-bond acceptors (Lipinski definition) is 3. The predicted octanol–water partition coefficient (Wildman–Crippen LogP) is 1.55. The highest BCUT2D eigenvalue weighted by Crippen LogP contribution is 2.07. The van der Waals surface area contributed by atoms with Crippen LogP contribution >= 0.6 is 0 Å². The molecule has 0 saturated carbocycles. The second-order valence-electron chi connectivity index (χ2n) is 3.71. The highest BCUT2D eigenvalue weighted by atomic mass is 16.5. The summed E-state index contributed by atoms with van der Waals surface area (Å²) in [5.74, 6) is 0.920. The smallest absolute Gasteiger partial charge is 0.119 e. The molecule has 0 bridgehead atoms. The van der Waals surface area contributed by atoms with E-state index in [2.05, 4.69) is 10.3 Å². The Bertz CT molecular complexity index is 400. The van der Waals surface area contributed by atoms with E-state index in [1.165, 1.54) is 0 Å². The molecule has 0 aliphatic carbocycles. The molecule has 0 atom stereocenters. The first-order valence-electron chi connectivity index (χ1n) is 5.79. The van der Waals surface area contributed by atoms with Crippen LogP contribution in [0.1, 0.15) is 0 Å². The fraction of sp³-hybridized carbons (Fsp3) is 0.308. The van der Waals surface area contributed by atoms with Crippen LogP contribution in [0.5, 0.6) is 5.75 Å². The van der Waals surface area contributed by atoms with Gasteiger partial charge in [0.1, 0.15) is 12.4 Å². The molecule has 90 valence electrons. The number of nitrogens with zero attached hydrogens (tertiary/aromatic N) is 2. The lowest BCUT2D eigenvalue weighted by Gasteiger charge is -2.07. The third-order valence-electron chi connectivity index (χ3n) is 2.40. The van der Waals surface area contributed by atoms with Crippen LogP contribution in [0, 0.1) is 0 Å². The molecule has 0 amide bonds. The molecule has 2 rings (SSSR count). The zero-order valence-corrected chi connectivity index (χ0v) is 9.75. The van der Waals surface area contributed by atoms with Gasteiger partial charge in [0.2, 0.25) is 0 Å². The monoisotopic (exact) mass is 231 g/mol. The van der Waals surface area contributed by atoms with Gasteiger partial charge in [-0.1, -0.05) is 18.2 Å². The average Bonchev–Trinajstić information content (AvgIpc) is 2.88. The molecule has 0 fully saturated rings. The van der Waals surface area contributed by atoms with Gasteiger partial charge in [-0.3, -0.25) is 0 Å². The average molecular weight is 231 g/mol. The van der Waals surface area contributed by atoms with Gasteiger partial charge in [-0.2, -0.15) is 0 Å². The summed E-state index contributed by atoms with van der Waals surface area (Å²) in [5.41, 5.74) is 0. The van der Waals surface area contributed by atoms with Crippen molar-refractivity contribution in [3.05, 3.63) is 49.1 Å². The number of ether oxygens (including phenoxy) is 1. The van der Waals surface area contributed by atoms with Crippen LogP contribution in [0.3, 0.4) is 0 Å². The Kier molecular flexibility index (Phi) is 4.60. The van der Waals surface area contributed by atoms with Crippen LogP contribution in [0.15, 0.2) is 49.1 Å². The summed E-state index contributed by atoms with van der Waals surface area (Å²) in [6, 6.07) is 9.86. The Morgan fingerprint density at radius 2 is 2.06 bits per heavy atom. The maximum Gasteiger partial charge on any atom is 0.119 e. The van der Waals surface area contributed by atoms with Crippen molar-refractivity contribution < 1.29 is 4.74 Å². The lowest BCUT2D eigenvalue weighted by atomic mass is 10.3. The fourth-order valence-electron chi connectivity index (χ4n) is 1.51. The first-order valence-corrected chi connectivity index (χ1v) is 5.79. The van der Waals surface area contributed by atoms with E-state index >= 15 is 0 Å². The molecular formula is C13H17N3O. The van der Waals surface area contributed by atoms with Crippen LogP contribution in [0.4, 0.5) is 0 Å². The largest absolute Gasteiger partial charge is 0.492 e. The minimum absolute atomic E-state index is 0.688. The van der Waals surface area contributed by atoms with E-state index in [1.807, 2.05) is 47.4 Å². The zero-order chi connectivity index (χ0) is 11.8. The van der Waals surface area contributed by atoms with Crippen molar-refractivity contribution in [1.29, 1.82) is 0 Å². The number of aromatic nitrogens is 2. The first-order chi connectivity index (χ1) is 8.45. The summed E-state index contributed by atoms with van der Waals surface area (Å²) in [5, 5.41) is 3.32. The number of nitrogens with one attached hydrogen (secondary N) is 1. The van der Waals surface area contributed by atoms with Gasteiger partial charge >= 0.3 is 0 Å². The second kappa shape index (κ2) is 6.70. The Morgan fingerprint density at radius 3 is 2.82 bits per heavy atom. The molecule has 4 heteroatoms. The van der Waals surface area contributed by atoms with Crippen molar-refractivity contribution >= 4 is 0 Å². The molecule has 1 N–H and O–H groups in total. The summed E-state index contributed by atoms with van der Waals surface area (Å²) in [4.78, 5) is 3.99. The molecule has 0 aliphatic heterocycles. The van der Waals surface area contributed by atoms with Crippen LogP contribution in [0.2, 0.25) is 0 Å². The minimum Gasteiger partial charge on any atom is -0.492 e. The summed E-state index contributed by atoms with van der Waals surface area (Å²) in [6.07, 6.45) is 5.57. The Morgan fingerprint density at radius 1 is 1.18 bits per heavy atom. The van der Waals surface area contributed by atoms with Gasteiger partial charge < -0.3 is 14.6 Å². The van der Waals surface area contributed by atoms with E-state index in [9.17, 15) is 0 Å². The number of para-hydroxylation sites is 1. The van der Waals surface area contributed by atoms with E-state index in [4.69, 9.17) is 4.74 Å². The van der Waals surface area contributed by atoms with Gasteiger partial charge in [-0.15, -0.1) is 0 Å². The van der Waals surface area contributed by atoms with Gasteiger partial charge in [0.15, 0.2) is 0 Å². The number of rotatable bonds is 7. The first kappa shape index (κ1) is 11.7. The van der Waals surface area contributed by atoms with Crippen LogP contribution in [-0.4, -0.2) is 29.2 Å². The third kappa shape index (κ3) is 4.28. The molecule has 1 aromatic heterocycles. The van der Waals surface area contributed by atoms with Gasteiger partial charge in [-0.25, -0.2) is 4.98 Å². The lowest BCUT2D eigenvalue weighted by molar-refractivity contribution is 0.313. The van der Waals surface area contributed by atoms with Crippen LogP contribution in [-0.2, 0) is 6.54 Å². The highest BCUT2D eigenvalue weighted by Gasteiger charge is 1.92. The number of hydrogen-bond donors (Lipinski definition) is 1. The van der Waals surface area contributed by atoms with Crippen molar-refractivity contribution in [2.75, 3.05) is 19.7 Å². The Labute approximate surface area is 101 Å². The normalized spacial score (nSPS) is 10.4. The zero-order valence-electron chi connectivity index (χ0n) is 9.75. The molecule has 4 nitrogen and oxygen atoms in total. The van der Waals surface area contributed by atoms with Gasteiger partial charge in [-0.05, 0) is 12.1 Å². The standard InChI is InChI=1S/C13H17N3O/c1-2-4-13(5-3-1)17-11-8-14-6-9-16-10-7-15-12-16/h1-5,7,10,12,14H,6,8-9,11H2. The molecule has 1 heterocycles. The minimum atomic E-state index is 0.688. The summed E-state index contributed by atoms with van der Waals surface area (Å²) in [7, 11) is 0. The molecule has 2 aromatic rings. The fourth-order valence-corrected chi connectivity index (χ4v) is 1.51. The maximum absolute atomic E-state index is 5.56. The number of imidazole rings is 1. The van der Waals surface area contributed by atoms with E-state index in [0.29, 0.717) is 6.61 Å². The molecule has 17 heavy (non-hydrogen) atoms. The van der Waals surface area contributed by atoms with Gasteiger partial charge in [0.25, 0.3) is 0 Å². The van der Waals surface area contributed by atoms with E-state index in [-0.39, 0.29) is 0 Å². The third-order valence-corrected chi connectivity index (χ3v) is 2.40. The summed E-state index contributed by atoms with van der Waals surface area (Å²) in [6.45, 7) is 3.40. The lowest BCUT2D eigenvalue weighted by Crippen LogP contribution is -2.24. The Balaban J connectivity index is 1.52. The van der Waals surface area contributed by atoms with Crippen molar-refractivity contribution in [3.8, 4) is 5.75 Å². The Hall–Kier alpha value is -1.81. The molecule has 0 spiro atoms. The van der Waals surface area contributed by atoms with Crippen molar-refractivity contribution in [2.45, 2.75) is 6.54 Å². The topological polar surface area (TPSA) is 39.1 Å². The molecule has 0 radical (unpaired) electrons. The van der Waals surface area contributed by atoms with E-state index < -0.39 is 0 Å². The SMILES string of the molecule is c1ccc(OCCNCCn2ccnc2)cc1. The molecule has 0 saturated heterocycles. The van der Waals surface area contributed by atoms with Crippen molar-refractivity contribution in [1.82, 2.24) is 14.9 Å². The van der Waals surface area contributed by atoms with Crippen molar-refractivity contribution in [3.63, 3.8) is 0 Å². The van der Waals surface area contributed by atoms with Crippen molar-refractivity contribution in [2.24, 2.45) is 0 Å². The molecule has 0 aliphatic rings. The second-order valence-corrected chi connectivity index (χ2v) is 3.71. The summed E-state index contributed by atoms with van der Waals surface area (Å²) < 4.78 is 7.61. The van der Waals surface area contributed by atoms with Crippen LogP contribution in [0.25, 0.3) is 0 Å². The quantitative estimate of drug-likeness (QED) is 0.735. The van der Waals surface area contributed by atoms with E-state index in [1.54, 1.807) is 6.20 Å². The summed E-state index contributed by atoms with van der Waals surface area (Å²) >= 11 is 0. The predicted molar refractivity (Wildman–Crippen MR) is 67.0 cm³/mol. The van der Waals surface area contributed by atoms with Crippen LogP contribution < -0.4 is 10.1 Å². The molecule has 0 unspecified atom stereocenters. The number of benzene rings is 1. The molecule has 1 aromatic carbocycles. The highest BCUT2D eigenvalue weighted by molar-refractivity contribution is 5.20. The molecular weight excluding hydrogens is 214 g/mol. The maximum atomic E-state index is 5.56. The van der Waals surface area contributed by atoms with E-state index in [0.717, 1.165) is 25.4 Å². The van der Waals surface area contributed by atoms with Gasteiger partial charge in [0, 0.05) is 32.0 Å².